The number of hydrogen-bond donors (Lipinski definition) is 1. The Balaban J connectivity index is 0.000000218. The molecule has 1 saturated carbocycles. The van der Waals surface area contributed by atoms with E-state index in [1.807, 2.05) is 74.5 Å². The molecule has 4 aromatic rings. The second-order valence-electron chi connectivity index (χ2n) is 11.2. The molecule has 8 heteroatoms. The lowest BCUT2D eigenvalue weighted by molar-refractivity contribution is 0.0735. The van der Waals surface area contributed by atoms with Crippen molar-refractivity contribution >= 4 is 0 Å². The van der Waals surface area contributed by atoms with Gasteiger partial charge in [-0.2, -0.15) is 0 Å². The first kappa shape index (κ1) is 34.8. The number of hydrogen-bond acceptors (Lipinski definition) is 8. The third-order valence-electron chi connectivity index (χ3n) is 7.24. The molecule has 0 radical (unpaired) electrons. The number of pyridine rings is 2. The van der Waals surface area contributed by atoms with E-state index in [9.17, 15) is 0 Å². The first-order chi connectivity index (χ1) is 22.8. The van der Waals surface area contributed by atoms with Gasteiger partial charge in [-0.25, -0.2) is 9.97 Å². The molecule has 2 aromatic carbocycles. The summed E-state index contributed by atoms with van der Waals surface area (Å²) in [7, 11) is 3.30. The van der Waals surface area contributed by atoms with Gasteiger partial charge in [0.05, 0.1) is 45.9 Å². The largest absolute Gasteiger partial charge is 0.506 e. The Morgan fingerprint density at radius 2 is 1.15 bits per heavy atom. The van der Waals surface area contributed by atoms with Crippen LogP contribution in [0.2, 0.25) is 0 Å². The minimum Gasteiger partial charge on any atom is -0.506 e. The van der Waals surface area contributed by atoms with E-state index < -0.39 is 0 Å². The number of aromatic nitrogens is 2. The van der Waals surface area contributed by atoms with Gasteiger partial charge >= 0.3 is 0 Å². The van der Waals surface area contributed by atoms with Gasteiger partial charge in [-0.05, 0) is 104 Å². The molecule has 0 saturated heterocycles. The maximum absolute atomic E-state index is 9.14. The van der Waals surface area contributed by atoms with Crippen molar-refractivity contribution in [3.05, 3.63) is 108 Å². The van der Waals surface area contributed by atoms with E-state index >= 15 is 0 Å². The fraction of sp³-hybridized carbons (Fsp3) is 0.333. The van der Waals surface area contributed by atoms with Gasteiger partial charge in [0.2, 0.25) is 0 Å². The fourth-order valence-electron chi connectivity index (χ4n) is 4.42. The molecule has 8 nitrogen and oxygen atoms in total. The van der Waals surface area contributed by atoms with Gasteiger partial charge in [-0.1, -0.05) is 43.0 Å². The number of aromatic hydroxyl groups is 1. The molecule has 2 heterocycles. The topological polar surface area (TPSA) is 92.2 Å². The summed E-state index contributed by atoms with van der Waals surface area (Å²) in [6, 6.07) is 22.6. The zero-order valence-electron chi connectivity index (χ0n) is 27.6. The summed E-state index contributed by atoms with van der Waals surface area (Å²) in [5.74, 6) is 15.4. The highest BCUT2D eigenvalue weighted by Gasteiger charge is 2.26. The van der Waals surface area contributed by atoms with Crippen molar-refractivity contribution < 1.29 is 28.8 Å². The van der Waals surface area contributed by atoms with Crippen LogP contribution in [0.4, 0.5) is 0 Å². The molecule has 1 aliphatic carbocycles. The maximum atomic E-state index is 9.14. The lowest BCUT2D eigenvalue weighted by Gasteiger charge is -2.32. The highest BCUT2D eigenvalue weighted by Crippen LogP contribution is 2.30. The molecule has 0 spiro atoms. The Labute approximate surface area is 278 Å². The Bertz CT molecular complexity index is 1630. The van der Waals surface area contributed by atoms with Crippen LogP contribution >= 0.6 is 0 Å². The van der Waals surface area contributed by atoms with Crippen LogP contribution in [0.25, 0.3) is 0 Å². The van der Waals surface area contributed by atoms with Crippen LogP contribution in [-0.4, -0.2) is 47.6 Å². The summed E-state index contributed by atoms with van der Waals surface area (Å²) in [6.45, 7) is 7.07. The van der Waals surface area contributed by atoms with Crippen molar-refractivity contribution in [1.29, 1.82) is 0 Å². The van der Waals surface area contributed by atoms with Crippen molar-refractivity contribution in [2.24, 2.45) is 5.92 Å². The van der Waals surface area contributed by atoms with E-state index in [1.54, 1.807) is 32.5 Å². The van der Waals surface area contributed by atoms with Crippen molar-refractivity contribution in [3.8, 4) is 46.7 Å². The van der Waals surface area contributed by atoms with Crippen molar-refractivity contribution in [1.82, 2.24) is 9.97 Å². The third kappa shape index (κ3) is 12.4. The second kappa shape index (κ2) is 18.2. The Kier molecular flexibility index (Phi) is 13.5. The van der Waals surface area contributed by atoms with Gasteiger partial charge in [0.15, 0.2) is 0 Å². The summed E-state index contributed by atoms with van der Waals surface area (Å²) < 4.78 is 27.5. The molecular weight excluding hydrogens is 592 g/mol. The second-order valence-corrected chi connectivity index (χ2v) is 11.2. The molecule has 5 rings (SSSR count). The molecule has 1 fully saturated rings. The summed E-state index contributed by atoms with van der Waals surface area (Å²) in [6.07, 6.45) is 5.34. The van der Waals surface area contributed by atoms with Gasteiger partial charge in [0, 0.05) is 0 Å². The van der Waals surface area contributed by atoms with Crippen LogP contribution < -0.4 is 14.2 Å². The minimum atomic E-state index is -0.206. The number of ether oxygens (including phenoxy) is 5. The van der Waals surface area contributed by atoms with E-state index in [4.69, 9.17) is 28.8 Å². The van der Waals surface area contributed by atoms with Gasteiger partial charge < -0.3 is 28.8 Å². The van der Waals surface area contributed by atoms with Crippen molar-refractivity contribution in [2.45, 2.75) is 65.1 Å². The molecule has 0 aliphatic heterocycles. The van der Waals surface area contributed by atoms with Gasteiger partial charge in [-0.15, -0.1) is 0 Å². The zero-order valence-corrected chi connectivity index (χ0v) is 27.6. The lowest BCUT2D eigenvalue weighted by Crippen LogP contribution is -2.31. The number of methoxy groups -OCH3 is 2. The monoisotopic (exact) mass is 634 g/mol. The Morgan fingerprint density at radius 3 is 1.55 bits per heavy atom. The maximum Gasteiger partial charge on any atom is 0.138 e. The van der Waals surface area contributed by atoms with Gasteiger partial charge in [0.1, 0.15) is 46.6 Å². The van der Waals surface area contributed by atoms with E-state index in [-0.39, 0.29) is 18.0 Å². The molecule has 47 heavy (non-hydrogen) atoms. The molecule has 2 atom stereocenters. The van der Waals surface area contributed by atoms with E-state index in [0.717, 1.165) is 52.8 Å². The van der Waals surface area contributed by atoms with Crippen LogP contribution in [0.3, 0.4) is 0 Å². The van der Waals surface area contributed by atoms with Gasteiger partial charge in [-0.3, -0.25) is 0 Å². The predicted octanol–water partition coefficient (Wildman–Crippen LogP) is 6.98. The molecule has 0 bridgehead atoms. The molecule has 2 aromatic heterocycles. The van der Waals surface area contributed by atoms with Gasteiger partial charge in [0.25, 0.3) is 0 Å². The summed E-state index contributed by atoms with van der Waals surface area (Å²) in [5, 5.41) is 9.14. The van der Waals surface area contributed by atoms with Crippen LogP contribution in [0, 0.1) is 29.6 Å². The normalized spacial score (nSPS) is 15.9. The Morgan fingerprint density at radius 1 is 0.681 bits per heavy atom. The first-order valence-corrected chi connectivity index (χ1v) is 15.6. The average molecular weight is 635 g/mol. The van der Waals surface area contributed by atoms with E-state index in [2.05, 4.69) is 40.6 Å². The average Bonchev–Trinajstić information content (AvgIpc) is 3.09. The minimum absolute atomic E-state index is 0.129. The highest BCUT2D eigenvalue weighted by molar-refractivity contribution is 5.33. The van der Waals surface area contributed by atoms with Crippen LogP contribution in [-0.2, 0) is 22.7 Å². The Hall–Kier alpha value is -5.02. The number of nitrogens with zero attached hydrogens (tertiary/aromatic N) is 2. The number of rotatable bonds is 10. The number of benzene rings is 2. The molecule has 244 valence electrons. The lowest BCUT2D eigenvalue weighted by atomic mass is 9.84. The zero-order chi connectivity index (χ0) is 33.4. The molecule has 2 unspecified atom stereocenters. The smallest absolute Gasteiger partial charge is 0.138 e. The van der Waals surface area contributed by atoms with Crippen molar-refractivity contribution in [2.75, 3.05) is 14.2 Å². The SMILES string of the molecule is COc1ccc(COC(C)C#Cc2ccc(O)cn2)cc1.COc1ccc(COC(C)C#Cc2ccc(OC3CC(C)C3)cn2)cc1. The standard InChI is InChI=1S/C22H25NO3.C17H17NO3/c1-16-12-22(13-16)26-21-11-8-19(23-14-21)7-4-17(2)25-15-18-5-9-20(24-3)10-6-18;1-13(3-6-15-7-8-16(19)11-18-15)21-12-14-4-9-17(20-2)10-5-14/h5-6,8-11,14,16-17,22H,12-13,15H2,1-3H3;4-5,7-11,13,19H,12H2,1-2H3. The van der Waals surface area contributed by atoms with Crippen LogP contribution in [0.15, 0.2) is 85.2 Å². The fourth-order valence-corrected chi connectivity index (χ4v) is 4.42. The first-order valence-electron chi connectivity index (χ1n) is 15.6. The quantitative estimate of drug-likeness (QED) is 0.187. The molecule has 0 amide bonds. The molecule has 1 aliphatic rings. The predicted molar refractivity (Wildman–Crippen MR) is 181 cm³/mol. The van der Waals surface area contributed by atoms with Crippen molar-refractivity contribution in [3.63, 3.8) is 0 Å². The molecule has 1 N–H and O–H groups in total. The van der Waals surface area contributed by atoms with E-state index in [1.165, 1.54) is 6.20 Å². The van der Waals surface area contributed by atoms with Crippen LogP contribution in [0.5, 0.6) is 23.0 Å². The highest BCUT2D eigenvalue weighted by atomic mass is 16.5. The van der Waals surface area contributed by atoms with E-state index in [0.29, 0.717) is 25.0 Å². The summed E-state index contributed by atoms with van der Waals surface area (Å²) in [5.41, 5.74) is 3.48. The van der Waals surface area contributed by atoms with Crippen LogP contribution in [0.1, 0.15) is 56.1 Å². The summed E-state index contributed by atoms with van der Waals surface area (Å²) >= 11 is 0. The third-order valence-corrected chi connectivity index (χ3v) is 7.24. The molecular formula is C39H42N2O6. The summed E-state index contributed by atoms with van der Waals surface area (Å²) in [4.78, 5) is 8.34.